The first-order valence-electron chi connectivity index (χ1n) is 10.6. The van der Waals surface area contributed by atoms with Crippen molar-refractivity contribution in [1.29, 1.82) is 0 Å². The Balaban J connectivity index is 1.87. The molecule has 1 atom stereocenters. The maximum Gasteiger partial charge on any atom is 0.307 e. The molecule has 0 bridgehead atoms. The Labute approximate surface area is 179 Å². The van der Waals surface area contributed by atoms with Crippen LogP contribution in [0.1, 0.15) is 50.8 Å². The van der Waals surface area contributed by atoms with Crippen molar-refractivity contribution in [1.82, 2.24) is 14.5 Å². The van der Waals surface area contributed by atoms with Gasteiger partial charge in [0.25, 0.3) is 0 Å². The quantitative estimate of drug-likeness (QED) is 0.566. The predicted molar refractivity (Wildman–Crippen MR) is 115 cm³/mol. The lowest BCUT2D eigenvalue weighted by atomic mass is 9.99. The van der Waals surface area contributed by atoms with Crippen molar-refractivity contribution in [2.24, 2.45) is 0 Å². The number of ether oxygens (including phenoxy) is 1. The van der Waals surface area contributed by atoms with E-state index in [1.165, 1.54) is 0 Å². The fraction of sp³-hybridized carbons (Fsp3) is 0.545. The van der Waals surface area contributed by atoms with E-state index in [1.54, 1.807) is 13.1 Å². The summed E-state index contributed by atoms with van der Waals surface area (Å²) in [4.78, 5) is 18.6. The first-order valence-corrected chi connectivity index (χ1v) is 12.3. The summed E-state index contributed by atoms with van der Waals surface area (Å²) < 4.78 is 32.2. The molecule has 0 spiro atoms. The molecule has 1 aromatic heterocycles. The van der Waals surface area contributed by atoms with Crippen LogP contribution in [0.2, 0.25) is 0 Å². The van der Waals surface area contributed by atoms with Gasteiger partial charge in [0.1, 0.15) is 0 Å². The number of sulfone groups is 1. The molecule has 0 amide bonds. The van der Waals surface area contributed by atoms with Gasteiger partial charge in [-0.15, -0.1) is 0 Å². The lowest BCUT2D eigenvalue weighted by Gasteiger charge is -2.35. The number of aromatic nitrogens is 2. The van der Waals surface area contributed by atoms with Crippen LogP contribution in [0.3, 0.4) is 0 Å². The fourth-order valence-electron chi connectivity index (χ4n) is 3.95. The number of benzene rings is 1. The van der Waals surface area contributed by atoms with Crippen LogP contribution in [-0.2, 0) is 32.5 Å². The summed E-state index contributed by atoms with van der Waals surface area (Å²) in [7, 11) is -3.45. The molecule has 1 aliphatic rings. The average Bonchev–Trinajstić information content (AvgIpc) is 3.13. The van der Waals surface area contributed by atoms with Gasteiger partial charge in [-0.1, -0.05) is 43.7 Å². The summed E-state index contributed by atoms with van der Waals surface area (Å²) in [5.41, 5.74) is 1.87. The lowest BCUT2D eigenvalue weighted by Crippen LogP contribution is -2.41. The highest BCUT2D eigenvalue weighted by atomic mass is 32.2. The lowest BCUT2D eigenvalue weighted by molar-refractivity contribution is -0.145. The van der Waals surface area contributed by atoms with Gasteiger partial charge in [-0.25, -0.2) is 13.4 Å². The van der Waals surface area contributed by atoms with Crippen molar-refractivity contribution >= 4 is 15.8 Å². The zero-order chi connectivity index (χ0) is 21.6. The number of esters is 1. The average molecular weight is 434 g/mol. The number of hydrogen-bond donors (Lipinski definition) is 0. The predicted octanol–water partition coefficient (Wildman–Crippen LogP) is 3.03. The smallest absolute Gasteiger partial charge is 0.307 e. The zero-order valence-corrected chi connectivity index (χ0v) is 18.6. The zero-order valence-electron chi connectivity index (χ0n) is 17.8. The van der Waals surface area contributed by atoms with Gasteiger partial charge in [0, 0.05) is 12.6 Å². The van der Waals surface area contributed by atoms with Crippen LogP contribution in [0.4, 0.5) is 0 Å². The monoisotopic (exact) mass is 433 g/mol. The topological polar surface area (TPSA) is 81.5 Å². The largest absolute Gasteiger partial charge is 0.466 e. The van der Waals surface area contributed by atoms with Crippen molar-refractivity contribution in [3.63, 3.8) is 0 Å². The number of carbonyl (C=O) groups excluding carboxylic acids is 1. The number of likely N-dealkylation sites (tertiary alicyclic amines) is 1. The minimum atomic E-state index is -3.45. The molecule has 30 heavy (non-hydrogen) atoms. The number of nitrogens with zero attached hydrogens (tertiary/aromatic N) is 3. The van der Waals surface area contributed by atoms with Crippen molar-refractivity contribution in [3.8, 4) is 0 Å². The van der Waals surface area contributed by atoms with E-state index in [4.69, 9.17) is 4.74 Å². The van der Waals surface area contributed by atoms with Crippen LogP contribution in [0.5, 0.6) is 0 Å². The van der Waals surface area contributed by atoms with Crippen molar-refractivity contribution in [2.45, 2.75) is 63.8 Å². The van der Waals surface area contributed by atoms with Gasteiger partial charge < -0.3 is 9.30 Å². The van der Waals surface area contributed by atoms with Crippen LogP contribution >= 0.6 is 0 Å². The molecule has 3 rings (SSSR count). The first kappa shape index (κ1) is 22.5. The Morgan fingerprint density at radius 2 is 1.93 bits per heavy atom. The van der Waals surface area contributed by atoms with Gasteiger partial charge in [-0.3, -0.25) is 9.69 Å². The Kier molecular flexibility index (Phi) is 7.66. The minimum Gasteiger partial charge on any atom is -0.466 e. The van der Waals surface area contributed by atoms with E-state index >= 15 is 0 Å². The molecular formula is C22H31N3O4S. The summed E-state index contributed by atoms with van der Waals surface area (Å²) in [5, 5.41) is 0.114. The molecule has 7 nitrogen and oxygen atoms in total. The molecule has 1 fully saturated rings. The Hall–Kier alpha value is -2.19. The van der Waals surface area contributed by atoms with E-state index in [0.717, 1.165) is 37.1 Å². The van der Waals surface area contributed by atoms with Gasteiger partial charge in [0.15, 0.2) is 0 Å². The van der Waals surface area contributed by atoms with E-state index < -0.39 is 9.84 Å². The minimum absolute atomic E-state index is 0.00738. The molecule has 1 saturated heterocycles. The number of imidazole rings is 1. The van der Waals surface area contributed by atoms with Crippen molar-refractivity contribution < 1.29 is 17.9 Å². The highest BCUT2D eigenvalue weighted by Gasteiger charge is 2.28. The molecule has 2 aromatic rings. The second kappa shape index (κ2) is 10.2. The molecule has 0 unspecified atom stereocenters. The van der Waals surface area contributed by atoms with Crippen LogP contribution in [-0.4, -0.2) is 53.8 Å². The van der Waals surface area contributed by atoms with Gasteiger partial charge >= 0.3 is 5.97 Å². The van der Waals surface area contributed by atoms with E-state index in [2.05, 4.69) is 9.88 Å². The fourth-order valence-corrected chi connectivity index (χ4v) is 4.94. The van der Waals surface area contributed by atoms with E-state index in [9.17, 15) is 13.2 Å². The Bertz CT molecular complexity index is 941. The number of piperidine rings is 1. The number of rotatable bonds is 9. The third-order valence-electron chi connectivity index (χ3n) is 5.57. The third kappa shape index (κ3) is 5.49. The van der Waals surface area contributed by atoms with Crippen LogP contribution in [0, 0.1) is 0 Å². The second-order valence-electron chi connectivity index (χ2n) is 7.64. The highest BCUT2D eigenvalue weighted by Crippen LogP contribution is 2.24. The van der Waals surface area contributed by atoms with Crippen molar-refractivity contribution in [3.05, 3.63) is 47.8 Å². The van der Waals surface area contributed by atoms with Crippen LogP contribution in [0.15, 0.2) is 41.7 Å². The third-order valence-corrected chi connectivity index (χ3v) is 7.21. The summed E-state index contributed by atoms with van der Waals surface area (Å²) in [5.74, 6) is -0.172. The second-order valence-corrected chi connectivity index (χ2v) is 9.81. The molecule has 0 aliphatic carbocycles. The summed E-state index contributed by atoms with van der Waals surface area (Å²) >= 11 is 0. The van der Waals surface area contributed by atoms with Crippen molar-refractivity contribution in [2.75, 3.05) is 18.9 Å². The standard InChI is InChI=1S/C22H31N3O4S/c1-3-29-21(26)14-19-12-8-9-13-24(19)17-20-15-23-22(30(27,28)4-2)25(20)16-18-10-6-5-7-11-18/h5-7,10-11,15,19H,3-4,8-9,12-14,16-17H2,1-2H3/t19-/m0/s1. The molecule has 0 radical (unpaired) electrons. The maximum absolute atomic E-state index is 12.6. The SMILES string of the molecule is CCOC(=O)C[C@@H]1CCCCN1Cc1cnc(S(=O)(=O)CC)n1Cc1ccccc1. The van der Waals surface area contributed by atoms with E-state index in [1.807, 2.05) is 41.8 Å². The number of hydrogen-bond acceptors (Lipinski definition) is 6. The maximum atomic E-state index is 12.6. The van der Waals surface area contributed by atoms with Crippen LogP contribution in [0.25, 0.3) is 0 Å². The van der Waals surface area contributed by atoms with Gasteiger partial charge in [-0.05, 0) is 31.9 Å². The van der Waals surface area contributed by atoms with Gasteiger partial charge in [0.2, 0.25) is 15.0 Å². The summed E-state index contributed by atoms with van der Waals surface area (Å²) in [6, 6.07) is 9.90. The summed E-state index contributed by atoms with van der Waals surface area (Å²) in [6.07, 6.45) is 5.11. The Morgan fingerprint density at radius 3 is 2.63 bits per heavy atom. The number of carbonyl (C=O) groups is 1. The summed E-state index contributed by atoms with van der Waals surface area (Å²) in [6.45, 7) is 5.71. The van der Waals surface area contributed by atoms with E-state index in [-0.39, 0.29) is 22.9 Å². The first-order chi connectivity index (χ1) is 14.4. The normalized spacial score (nSPS) is 17.7. The molecule has 0 N–H and O–H groups in total. The molecule has 1 aromatic carbocycles. The van der Waals surface area contributed by atoms with Gasteiger partial charge in [-0.2, -0.15) is 0 Å². The molecule has 8 heteroatoms. The highest BCUT2D eigenvalue weighted by molar-refractivity contribution is 7.91. The van der Waals surface area contributed by atoms with Crippen LogP contribution < -0.4 is 0 Å². The molecule has 164 valence electrons. The molecule has 0 saturated carbocycles. The molecule has 2 heterocycles. The Morgan fingerprint density at radius 1 is 1.17 bits per heavy atom. The van der Waals surface area contributed by atoms with E-state index in [0.29, 0.717) is 26.1 Å². The molecule has 1 aliphatic heterocycles. The van der Waals surface area contributed by atoms with Gasteiger partial charge in [0.05, 0.1) is 37.2 Å². The molecular weight excluding hydrogens is 402 g/mol.